The Labute approximate surface area is 146 Å². The number of rotatable bonds is 4. The van der Waals surface area contributed by atoms with E-state index >= 15 is 0 Å². The van der Waals surface area contributed by atoms with Gasteiger partial charge in [-0.1, -0.05) is 35.9 Å². The molecule has 0 aliphatic heterocycles. The van der Waals surface area contributed by atoms with Gasteiger partial charge in [0.15, 0.2) is 5.11 Å². The zero-order valence-electron chi connectivity index (χ0n) is 12.8. The van der Waals surface area contributed by atoms with Gasteiger partial charge in [0.05, 0.1) is 0 Å². The Hall–Kier alpha value is -2.04. The molecule has 0 saturated heterocycles. The molecule has 5 heteroatoms. The number of halogens is 1. The molecule has 0 spiro atoms. The third-order valence-corrected chi connectivity index (χ3v) is 4.28. The summed E-state index contributed by atoms with van der Waals surface area (Å²) in [4.78, 5) is 3.29. The molecule has 0 radical (unpaired) electrons. The van der Waals surface area contributed by atoms with Crippen molar-refractivity contribution in [2.45, 2.75) is 13.3 Å². The van der Waals surface area contributed by atoms with Crippen LogP contribution in [-0.2, 0) is 6.42 Å². The molecule has 3 rings (SSSR count). The maximum Gasteiger partial charge on any atom is 0.170 e. The van der Waals surface area contributed by atoms with Gasteiger partial charge >= 0.3 is 0 Å². The minimum Gasteiger partial charge on any atom is -0.362 e. The van der Waals surface area contributed by atoms with Gasteiger partial charge < -0.3 is 15.6 Å². The fraction of sp³-hybridized carbons (Fsp3) is 0.167. The van der Waals surface area contributed by atoms with Crippen molar-refractivity contribution in [3.8, 4) is 0 Å². The van der Waals surface area contributed by atoms with Crippen LogP contribution in [0.5, 0.6) is 0 Å². The number of nitrogens with one attached hydrogen (secondary N) is 3. The lowest BCUT2D eigenvalue weighted by Gasteiger charge is -2.12. The van der Waals surface area contributed by atoms with E-state index in [4.69, 9.17) is 23.8 Å². The molecule has 3 nitrogen and oxygen atoms in total. The monoisotopic (exact) mass is 343 g/mol. The van der Waals surface area contributed by atoms with Crippen LogP contribution < -0.4 is 10.6 Å². The quantitative estimate of drug-likeness (QED) is 0.603. The highest BCUT2D eigenvalue weighted by atomic mass is 35.5. The SMILES string of the molecule is Cc1ccc(Cl)cc1NC(=S)NCCc1c[nH]c2ccccc12. The highest BCUT2D eigenvalue weighted by Crippen LogP contribution is 2.20. The third-order valence-electron chi connectivity index (χ3n) is 3.80. The van der Waals surface area contributed by atoms with Crippen LogP contribution in [-0.4, -0.2) is 16.6 Å². The lowest BCUT2D eigenvalue weighted by Crippen LogP contribution is -2.30. The number of H-pyrrole nitrogens is 1. The number of hydrogen-bond donors (Lipinski definition) is 3. The molecule has 1 heterocycles. The summed E-state index contributed by atoms with van der Waals surface area (Å²) < 4.78 is 0. The Morgan fingerprint density at radius 3 is 2.91 bits per heavy atom. The second-order valence-corrected chi connectivity index (χ2v) is 6.29. The lowest BCUT2D eigenvalue weighted by molar-refractivity contribution is 0.878. The van der Waals surface area contributed by atoms with Gasteiger partial charge in [-0.05, 0) is 54.9 Å². The number of aromatic amines is 1. The van der Waals surface area contributed by atoms with Crippen molar-refractivity contribution in [2.75, 3.05) is 11.9 Å². The summed E-state index contributed by atoms with van der Waals surface area (Å²) in [6.45, 7) is 2.79. The van der Waals surface area contributed by atoms with Crippen molar-refractivity contribution in [1.29, 1.82) is 0 Å². The van der Waals surface area contributed by atoms with Crippen molar-refractivity contribution in [1.82, 2.24) is 10.3 Å². The fourth-order valence-corrected chi connectivity index (χ4v) is 2.93. The minimum absolute atomic E-state index is 0.607. The first-order valence-corrected chi connectivity index (χ1v) is 8.28. The van der Waals surface area contributed by atoms with E-state index < -0.39 is 0 Å². The van der Waals surface area contributed by atoms with E-state index in [9.17, 15) is 0 Å². The summed E-state index contributed by atoms with van der Waals surface area (Å²) in [5.41, 5.74) is 4.49. The molecule has 2 aromatic carbocycles. The Bertz CT molecular complexity index is 841. The van der Waals surface area contributed by atoms with Crippen LogP contribution >= 0.6 is 23.8 Å². The molecule has 1 aromatic heterocycles. The Morgan fingerprint density at radius 2 is 2.04 bits per heavy atom. The number of thiocarbonyl (C=S) groups is 1. The fourth-order valence-electron chi connectivity index (χ4n) is 2.54. The van der Waals surface area contributed by atoms with E-state index in [1.165, 1.54) is 10.9 Å². The van der Waals surface area contributed by atoms with E-state index in [0.29, 0.717) is 10.1 Å². The molecule has 0 saturated carbocycles. The molecule has 0 unspecified atom stereocenters. The zero-order valence-corrected chi connectivity index (χ0v) is 14.4. The average Bonchev–Trinajstić information content (AvgIpc) is 2.94. The second kappa shape index (κ2) is 7.02. The first-order chi connectivity index (χ1) is 11.1. The summed E-state index contributed by atoms with van der Waals surface area (Å²) in [6.07, 6.45) is 2.96. The van der Waals surface area contributed by atoms with Crippen molar-refractivity contribution in [2.24, 2.45) is 0 Å². The highest BCUT2D eigenvalue weighted by molar-refractivity contribution is 7.80. The number of benzene rings is 2. The molecule has 0 atom stereocenters. The molecule has 0 aliphatic carbocycles. The van der Waals surface area contributed by atoms with Crippen LogP contribution in [0.1, 0.15) is 11.1 Å². The first-order valence-electron chi connectivity index (χ1n) is 7.49. The number of aromatic nitrogens is 1. The van der Waals surface area contributed by atoms with Crippen LogP contribution in [0.2, 0.25) is 5.02 Å². The summed E-state index contributed by atoms with van der Waals surface area (Å²) in [7, 11) is 0. The van der Waals surface area contributed by atoms with E-state index in [0.717, 1.165) is 29.7 Å². The smallest absolute Gasteiger partial charge is 0.170 e. The lowest BCUT2D eigenvalue weighted by atomic mass is 10.1. The van der Waals surface area contributed by atoms with Gasteiger partial charge in [-0.2, -0.15) is 0 Å². The molecule has 118 valence electrons. The molecule has 0 fully saturated rings. The molecule has 0 aliphatic rings. The summed E-state index contributed by atoms with van der Waals surface area (Å²) >= 11 is 11.4. The van der Waals surface area contributed by atoms with E-state index in [1.54, 1.807) is 0 Å². The van der Waals surface area contributed by atoms with Gasteiger partial charge in [0, 0.05) is 34.4 Å². The van der Waals surface area contributed by atoms with Gasteiger partial charge in [0.2, 0.25) is 0 Å². The highest BCUT2D eigenvalue weighted by Gasteiger charge is 2.04. The Morgan fingerprint density at radius 1 is 1.22 bits per heavy atom. The number of para-hydroxylation sites is 1. The predicted molar refractivity (Wildman–Crippen MR) is 102 cm³/mol. The third kappa shape index (κ3) is 3.84. The number of aryl methyl sites for hydroxylation is 1. The second-order valence-electron chi connectivity index (χ2n) is 5.45. The van der Waals surface area contributed by atoms with Crippen molar-refractivity contribution in [3.63, 3.8) is 0 Å². The van der Waals surface area contributed by atoms with Crippen molar-refractivity contribution < 1.29 is 0 Å². The predicted octanol–water partition coefficient (Wildman–Crippen LogP) is 4.66. The first kappa shape index (κ1) is 15.8. The van der Waals surface area contributed by atoms with Gasteiger partial charge in [-0.3, -0.25) is 0 Å². The van der Waals surface area contributed by atoms with Crippen molar-refractivity contribution >= 4 is 45.5 Å². The Kier molecular flexibility index (Phi) is 4.84. The van der Waals surface area contributed by atoms with Gasteiger partial charge in [0.25, 0.3) is 0 Å². The maximum atomic E-state index is 6.02. The van der Waals surface area contributed by atoms with E-state index in [1.807, 2.05) is 31.2 Å². The van der Waals surface area contributed by atoms with Crippen LogP contribution in [0, 0.1) is 6.92 Å². The summed E-state index contributed by atoms with van der Waals surface area (Å²) in [6, 6.07) is 14.0. The molecule has 0 bridgehead atoms. The summed E-state index contributed by atoms with van der Waals surface area (Å²) in [5.74, 6) is 0. The summed E-state index contributed by atoms with van der Waals surface area (Å²) in [5, 5.41) is 9.00. The van der Waals surface area contributed by atoms with Crippen LogP contribution in [0.3, 0.4) is 0 Å². The number of hydrogen-bond acceptors (Lipinski definition) is 1. The normalized spacial score (nSPS) is 10.7. The largest absolute Gasteiger partial charge is 0.362 e. The zero-order chi connectivity index (χ0) is 16.2. The maximum absolute atomic E-state index is 6.02. The molecule has 3 N–H and O–H groups in total. The van der Waals surface area contributed by atoms with E-state index in [-0.39, 0.29) is 0 Å². The van der Waals surface area contributed by atoms with Gasteiger partial charge in [-0.25, -0.2) is 0 Å². The molecular weight excluding hydrogens is 326 g/mol. The van der Waals surface area contributed by atoms with Gasteiger partial charge in [-0.15, -0.1) is 0 Å². The van der Waals surface area contributed by atoms with Crippen LogP contribution in [0.4, 0.5) is 5.69 Å². The molecule has 23 heavy (non-hydrogen) atoms. The molecule has 0 amide bonds. The van der Waals surface area contributed by atoms with Crippen LogP contribution in [0.15, 0.2) is 48.7 Å². The minimum atomic E-state index is 0.607. The molecule has 3 aromatic rings. The van der Waals surface area contributed by atoms with Crippen molar-refractivity contribution in [3.05, 3.63) is 64.8 Å². The average molecular weight is 344 g/mol. The number of anilines is 1. The van der Waals surface area contributed by atoms with Gasteiger partial charge in [0.1, 0.15) is 0 Å². The van der Waals surface area contributed by atoms with E-state index in [2.05, 4.69) is 40.0 Å². The molecular formula is C18H18ClN3S. The Balaban J connectivity index is 1.56. The van der Waals surface area contributed by atoms with Crippen LogP contribution in [0.25, 0.3) is 10.9 Å². The number of fused-ring (bicyclic) bond motifs is 1. The standard InChI is InChI=1S/C18H18ClN3S/c1-12-6-7-14(19)10-17(12)22-18(23)20-9-8-13-11-21-16-5-3-2-4-15(13)16/h2-7,10-11,21H,8-9H2,1H3,(H2,20,22,23). The topological polar surface area (TPSA) is 39.8 Å².